The van der Waals surface area contributed by atoms with Crippen molar-refractivity contribution in [3.63, 3.8) is 0 Å². The maximum Gasteiger partial charge on any atom is 0.338 e. The van der Waals surface area contributed by atoms with Crippen LogP contribution in [-0.2, 0) is 14.3 Å². The molecule has 2 aliphatic heterocycles. The Morgan fingerprint density at radius 2 is 2.00 bits per heavy atom. The lowest BCUT2D eigenvalue weighted by atomic mass is 9.94. The third-order valence-corrected chi connectivity index (χ3v) is 6.33. The summed E-state index contributed by atoms with van der Waals surface area (Å²) in [6, 6.07) is 10.3. The Bertz CT molecular complexity index is 1210. The summed E-state index contributed by atoms with van der Waals surface area (Å²) in [6.45, 7) is 3.48. The van der Waals surface area contributed by atoms with Crippen LogP contribution in [0.15, 0.2) is 74.8 Å². The molecule has 34 heavy (non-hydrogen) atoms. The fourth-order valence-electron chi connectivity index (χ4n) is 3.61. The van der Waals surface area contributed by atoms with Gasteiger partial charge in [0.15, 0.2) is 11.8 Å². The molecule has 0 spiro atoms. The second kappa shape index (κ2) is 10.4. The minimum atomic E-state index is -0.551. The summed E-state index contributed by atoms with van der Waals surface area (Å²) >= 11 is 4.95. The standard InChI is InChI=1S/C24H21BrFN3O4S/c1-3-32-23(31)21-14(2)27-24-29(10-11-34-24)22(21)18-12-15(25)4-9-19(18)33-13-20(30)28-17-7-5-16(26)6-8-17/h4-12,22H,3,13H2,1-2H3,(H,28,30)/t22-/m1/s1. The van der Waals surface area contributed by atoms with Gasteiger partial charge in [-0.3, -0.25) is 4.79 Å². The van der Waals surface area contributed by atoms with Gasteiger partial charge in [-0.1, -0.05) is 27.7 Å². The summed E-state index contributed by atoms with van der Waals surface area (Å²) in [5, 5.41) is 5.29. The van der Waals surface area contributed by atoms with E-state index in [1.807, 2.05) is 22.6 Å². The van der Waals surface area contributed by atoms with Gasteiger partial charge < -0.3 is 19.7 Å². The van der Waals surface area contributed by atoms with Crippen LogP contribution < -0.4 is 10.1 Å². The zero-order chi connectivity index (χ0) is 24.2. The molecule has 176 valence electrons. The van der Waals surface area contributed by atoms with Crippen LogP contribution in [0.2, 0.25) is 0 Å². The first-order valence-electron chi connectivity index (χ1n) is 10.4. The summed E-state index contributed by atoms with van der Waals surface area (Å²) in [5.41, 5.74) is 2.09. The molecule has 1 atom stereocenters. The smallest absolute Gasteiger partial charge is 0.338 e. The van der Waals surface area contributed by atoms with Gasteiger partial charge in [-0.05, 0) is 61.7 Å². The van der Waals surface area contributed by atoms with Gasteiger partial charge in [0.25, 0.3) is 5.91 Å². The highest BCUT2D eigenvalue weighted by atomic mass is 79.9. The van der Waals surface area contributed by atoms with E-state index in [0.717, 1.165) is 9.64 Å². The Hall–Kier alpha value is -3.11. The molecule has 0 saturated carbocycles. The number of hydrogen-bond donors (Lipinski definition) is 1. The van der Waals surface area contributed by atoms with Crippen molar-refractivity contribution in [3.8, 4) is 5.75 Å². The van der Waals surface area contributed by atoms with Crippen LogP contribution in [0.3, 0.4) is 0 Å². The Morgan fingerprint density at radius 1 is 1.24 bits per heavy atom. The maximum atomic E-state index is 13.1. The Kier molecular flexibility index (Phi) is 7.38. The number of esters is 1. The number of hydrogen-bond acceptors (Lipinski definition) is 7. The van der Waals surface area contributed by atoms with Crippen molar-refractivity contribution >= 4 is 50.4 Å². The fourth-order valence-corrected chi connectivity index (χ4v) is 4.78. The van der Waals surface area contributed by atoms with E-state index in [0.29, 0.717) is 28.3 Å². The number of halogens is 2. The number of rotatable bonds is 7. The van der Waals surface area contributed by atoms with Crippen LogP contribution in [0.1, 0.15) is 25.5 Å². The van der Waals surface area contributed by atoms with Crippen LogP contribution in [0.25, 0.3) is 0 Å². The van der Waals surface area contributed by atoms with E-state index in [4.69, 9.17) is 9.47 Å². The van der Waals surface area contributed by atoms with E-state index in [-0.39, 0.29) is 19.0 Å². The number of anilines is 1. The van der Waals surface area contributed by atoms with E-state index in [1.165, 1.54) is 36.0 Å². The van der Waals surface area contributed by atoms with Crippen molar-refractivity contribution in [2.75, 3.05) is 18.5 Å². The van der Waals surface area contributed by atoms with Crippen LogP contribution in [0.4, 0.5) is 10.1 Å². The largest absolute Gasteiger partial charge is 0.483 e. The molecule has 0 bridgehead atoms. The predicted molar refractivity (Wildman–Crippen MR) is 133 cm³/mol. The number of benzene rings is 2. The molecule has 2 aromatic carbocycles. The molecule has 0 unspecified atom stereocenters. The molecule has 1 N–H and O–H groups in total. The molecule has 0 fully saturated rings. The van der Waals surface area contributed by atoms with Gasteiger partial charge in [0.1, 0.15) is 11.6 Å². The van der Waals surface area contributed by atoms with Gasteiger partial charge >= 0.3 is 5.97 Å². The first-order valence-corrected chi connectivity index (χ1v) is 12.1. The number of nitrogens with one attached hydrogen (secondary N) is 1. The fraction of sp³-hybridized carbons (Fsp3) is 0.208. The number of amidine groups is 1. The minimum Gasteiger partial charge on any atom is -0.483 e. The van der Waals surface area contributed by atoms with Crippen LogP contribution >= 0.6 is 27.7 Å². The molecule has 10 heteroatoms. The Labute approximate surface area is 208 Å². The number of carbonyl (C=O) groups excluding carboxylic acids is 2. The topological polar surface area (TPSA) is 80.2 Å². The van der Waals surface area contributed by atoms with E-state index >= 15 is 0 Å². The van der Waals surface area contributed by atoms with Gasteiger partial charge in [-0.2, -0.15) is 0 Å². The monoisotopic (exact) mass is 545 g/mol. The average molecular weight is 546 g/mol. The third-order valence-electron chi connectivity index (χ3n) is 5.07. The van der Waals surface area contributed by atoms with Gasteiger partial charge in [-0.15, -0.1) is 0 Å². The highest BCUT2D eigenvalue weighted by Crippen LogP contribution is 2.44. The molecule has 0 radical (unpaired) electrons. The lowest BCUT2D eigenvalue weighted by molar-refractivity contribution is -0.139. The van der Waals surface area contributed by atoms with Crippen molar-refractivity contribution in [3.05, 3.63) is 81.2 Å². The molecule has 2 heterocycles. The second-order valence-corrected chi connectivity index (χ2v) is 9.14. The number of fused-ring (bicyclic) bond motifs is 1. The summed E-state index contributed by atoms with van der Waals surface area (Å²) in [7, 11) is 0. The van der Waals surface area contributed by atoms with Crippen molar-refractivity contribution in [1.82, 2.24) is 4.90 Å². The number of nitrogens with zero attached hydrogens (tertiary/aromatic N) is 2. The molecule has 0 saturated heterocycles. The number of carbonyl (C=O) groups is 2. The summed E-state index contributed by atoms with van der Waals surface area (Å²) in [6.07, 6.45) is 1.85. The van der Waals surface area contributed by atoms with E-state index in [2.05, 4.69) is 26.2 Å². The van der Waals surface area contributed by atoms with Crippen molar-refractivity contribution in [2.24, 2.45) is 4.99 Å². The SMILES string of the molecule is CCOC(=O)C1=C(C)N=C2SC=CN2[C@@H]1c1cc(Br)ccc1OCC(=O)Nc1ccc(F)cc1. The summed E-state index contributed by atoms with van der Waals surface area (Å²) in [5.74, 6) is -0.818. The Morgan fingerprint density at radius 3 is 2.74 bits per heavy atom. The van der Waals surface area contributed by atoms with Crippen LogP contribution in [0, 0.1) is 5.82 Å². The van der Waals surface area contributed by atoms with Gasteiger partial charge in [0.05, 0.1) is 23.9 Å². The average Bonchev–Trinajstić information content (AvgIpc) is 3.27. The molecule has 2 aromatic rings. The normalized spacial score (nSPS) is 16.8. The van der Waals surface area contributed by atoms with E-state index in [1.54, 1.807) is 26.0 Å². The minimum absolute atomic E-state index is 0.231. The summed E-state index contributed by atoms with van der Waals surface area (Å²) < 4.78 is 25.1. The molecule has 0 aromatic heterocycles. The zero-order valence-corrected chi connectivity index (χ0v) is 20.8. The van der Waals surface area contributed by atoms with Gasteiger partial charge in [-0.25, -0.2) is 14.2 Å². The van der Waals surface area contributed by atoms with Gasteiger partial charge in [0.2, 0.25) is 0 Å². The number of amides is 1. The van der Waals surface area contributed by atoms with E-state index < -0.39 is 17.9 Å². The maximum absolute atomic E-state index is 13.1. The quantitative estimate of drug-likeness (QED) is 0.471. The predicted octanol–water partition coefficient (Wildman–Crippen LogP) is 5.37. The molecular formula is C24H21BrFN3O4S. The number of allylic oxidation sites excluding steroid dienone is 1. The first kappa shape index (κ1) is 24.0. The van der Waals surface area contributed by atoms with E-state index in [9.17, 15) is 14.0 Å². The van der Waals surface area contributed by atoms with Crippen molar-refractivity contribution in [1.29, 1.82) is 0 Å². The van der Waals surface area contributed by atoms with Gasteiger partial charge in [0, 0.05) is 21.9 Å². The first-order chi connectivity index (χ1) is 16.4. The van der Waals surface area contributed by atoms with Crippen molar-refractivity contribution in [2.45, 2.75) is 19.9 Å². The zero-order valence-electron chi connectivity index (χ0n) is 18.4. The lowest BCUT2D eigenvalue weighted by Crippen LogP contribution is -2.34. The van der Waals surface area contributed by atoms with Crippen LogP contribution in [0.5, 0.6) is 5.75 Å². The lowest BCUT2D eigenvalue weighted by Gasteiger charge is -2.34. The highest BCUT2D eigenvalue weighted by molar-refractivity contribution is 9.10. The number of thioether (sulfide) groups is 1. The molecule has 0 aliphatic carbocycles. The molecule has 7 nitrogen and oxygen atoms in total. The molecule has 4 rings (SSSR count). The molecule has 1 amide bonds. The second-order valence-electron chi connectivity index (χ2n) is 7.35. The Balaban J connectivity index is 1.63. The number of aliphatic imine (C=N–C) groups is 1. The third kappa shape index (κ3) is 5.18. The van der Waals surface area contributed by atoms with Crippen LogP contribution in [-0.4, -0.2) is 35.2 Å². The van der Waals surface area contributed by atoms with Crippen molar-refractivity contribution < 1.29 is 23.5 Å². The molecule has 2 aliphatic rings. The summed E-state index contributed by atoms with van der Waals surface area (Å²) in [4.78, 5) is 31.8. The highest BCUT2D eigenvalue weighted by Gasteiger charge is 2.39. The number of ether oxygens (including phenoxy) is 2. The molecular weight excluding hydrogens is 525 g/mol.